The molecule has 1 aromatic heterocycles. The summed E-state index contributed by atoms with van der Waals surface area (Å²) in [6, 6.07) is 5.53. The molecule has 0 spiro atoms. The van der Waals surface area contributed by atoms with Gasteiger partial charge in [-0.3, -0.25) is 14.8 Å². The smallest absolute Gasteiger partial charge is 0.432 e. The van der Waals surface area contributed by atoms with E-state index in [2.05, 4.69) is 5.10 Å². The van der Waals surface area contributed by atoms with Crippen molar-refractivity contribution in [2.45, 2.75) is 0 Å². The SMILES string of the molecule is CS(=O)(=O)Nc1nn(C(=O)O)cc1-c1ccccc1[N+](=O)[O-]. The van der Waals surface area contributed by atoms with Crippen LogP contribution in [0.2, 0.25) is 0 Å². The number of nitrogens with zero attached hydrogens (tertiary/aromatic N) is 3. The molecule has 11 heteroatoms. The molecule has 2 N–H and O–H groups in total. The van der Waals surface area contributed by atoms with E-state index in [9.17, 15) is 23.3 Å². The van der Waals surface area contributed by atoms with Gasteiger partial charge in [-0.25, -0.2) is 13.2 Å². The van der Waals surface area contributed by atoms with Crippen LogP contribution in [-0.2, 0) is 10.0 Å². The first kappa shape index (κ1) is 15.4. The van der Waals surface area contributed by atoms with Gasteiger partial charge in [0.05, 0.1) is 22.3 Å². The Kier molecular flexibility index (Phi) is 3.82. The van der Waals surface area contributed by atoms with Crippen molar-refractivity contribution < 1.29 is 23.2 Å². The van der Waals surface area contributed by atoms with Gasteiger partial charge in [0.2, 0.25) is 10.0 Å². The molecule has 10 nitrogen and oxygen atoms in total. The first-order valence-corrected chi connectivity index (χ1v) is 7.63. The molecule has 0 fully saturated rings. The zero-order valence-corrected chi connectivity index (χ0v) is 11.9. The van der Waals surface area contributed by atoms with Gasteiger partial charge in [-0.1, -0.05) is 12.1 Å². The monoisotopic (exact) mass is 326 g/mol. The number of rotatable bonds is 4. The maximum absolute atomic E-state index is 11.3. The number of nitro benzene ring substituents is 1. The molecule has 1 aromatic carbocycles. The molecular formula is C11H10N4O6S. The van der Waals surface area contributed by atoms with Gasteiger partial charge in [-0.05, 0) is 6.07 Å². The van der Waals surface area contributed by atoms with Crippen molar-refractivity contribution in [2.24, 2.45) is 0 Å². The highest BCUT2D eigenvalue weighted by Gasteiger charge is 2.23. The number of hydrogen-bond donors (Lipinski definition) is 2. The first-order chi connectivity index (χ1) is 10.2. The zero-order valence-electron chi connectivity index (χ0n) is 11.1. The predicted octanol–water partition coefficient (Wildman–Crippen LogP) is 1.36. The summed E-state index contributed by atoms with van der Waals surface area (Å²) in [5.74, 6) is -0.306. The molecule has 2 rings (SSSR count). The number of nitrogens with one attached hydrogen (secondary N) is 1. The standard InChI is InChI=1S/C11H10N4O6S/c1-22(20,21)13-10-8(6-14(12-10)11(16)17)7-4-2-3-5-9(7)15(18)19/h2-6H,1H3,(H,12,13)(H,16,17). The lowest BCUT2D eigenvalue weighted by Gasteiger charge is -2.04. The molecule has 0 amide bonds. The normalized spacial score (nSPS) is 11.1. The van der Waals surface area contributed by atoms with Gasteiger partial charge < -0.3 is 5.11 Å². The number of carboxylic acid groups (broad SMARTS) is 1. The maximum Gasteiger partial charge on any atom is 0.432 e. The number of anilines is 1. The van der Waals surface area contributed by atoms with Crippen LogP contribution in [0.3, 0.4) is 0 Å². The Morgan fingerprint density at radius 2 is 2.00 bits per heavy atom. The van der Waals surface area contributed by atoms with Crippen molar-refractivity contribution >= 4 is 27.6 Å². The fourth-order valence-electron chi connectivity index (χ4n) is 1.78. The number of benzene rings is 1. The number of sulfonamides is 1. The van der Waals surface area contributed by atoms with Crippen molar-refractivity contribution in [2.75, 3.05) is 11.0 Å². The van der Waals surface area contributed by atoms with Gasteiger partial charge in [0.15, 0.2) is 5.82 Å². The number of nitro groups is 1. The Labute approximate surface area is 124 Å². The van der Waals surface area contributed by atoms with Crippen LogP contribution < -0.4 is 4.72 Å². The summed E-state index contributed by atoms with van der Waals surface area (Å²) in [6.07, 6.45) is 0.398. The second-order valence-electron chi connectivity index (χ2n) is 4.27. The third-order valence-corrected chi connectivity index (χ3v) is 3.15. The molecular weight excluding hydrogens is 316 g/mol. The lowest BCUT2D eigenvalue weighted by Crippen LogP contribution is -2.13. The summed E-state index contributed by atoms with van der Waals surface area (Å²) in [5, 5.41) is 23.6. The Morgan fingerprint density at radius 1 is 1.36 bits per heavy atom. The van der Waals surface area contributed by atoms with Crippen LogP contribution >= 0.6 is 0 Å². The topological polar surface area (TPSA) is 144 Å². The second kappa shape index (κ2) is 5.44. The van der Waals surface area contributed by atoms with E-state index in [4.69, 9.17) is 5.11 Å². The van der Waals surface area contributed by atoms with Crippen LogP contribution in [0.5, 0.6) is 0 Å². The van der Waals surface area contributed by atoms with E-state index in [-0.39, 0.29) is 22.6 Å². The Bertz CT molecular complexity index is 857. The number of carbonyl (C=O) groups is 1. The lowest BCUT2D eigenvalue weighted by atomic mass is 10.1. The molecule has 0 bridgehead atoms. The van der Waals surface area contributed by atoms with Crippen molar-refractivity contribution in [1.82, 2.24) is 9.78 Å². The van der Waals surface area contributed by atoms with Gasteiger partial charge >= 0.3 is 6.09 Å². The summed E-state index contributed by atoms with van der Waals surface area (Å²) in [4.78, 5) is 21.4. The van der Waals surface area contributed by atoms with E-state index < -0.39 is 21.0 Å². The molecule has 0 aliphatic heterocycles. The van der Waals surface area contributed by atoms with Crippen LogP contribution in [0.4, 0.5) is 16.3 Å². The Morgan fingerprint density at radius 3 is 2.55 bits per heavy atom. The van der Waals surface area contributed by atoms with E-state index in [0.717, 1.165) is 12.5 Å². The predicted molar refractivity (Wildman–Crippen MR) is 76.2 cm³/mol. The molecule has 116 valence electrons. The fourth-order valence-corrected chi connectivity index (χ4v) is 2.28. The van der Waals surface area contributed by atoms with Crippen molar-refractivity contribution in [3.63, 3.8) is 0 Å². The maximum atomic E-state index is 11.3. The number of para-hydroxylation sites is 1. The number of hydrogen-bond acceptors (Lipinski definition) is 6. The van der Waals surface area contributed by atoms with Gasteiger partial charge in [0.1, 0.15) is 0 Å². The molecule has 2 aromatic rings. The minimum Gasteiger partial charge on any atom is -0.463 e. The highest BCUT2D eigenvalue weighted by Crippen LogP contribution is 2.34. The molecule has 0 aliphatic carbocycles. The van der Waals surface area contributed by atoms with Crippen molar-refractivity contribution in [3.8, 4) is 11.1 Å². The molecule has 22 heavy (non-hydrogen) atoms. The molecule has 0 radical (unpaired) electrons. The highest BCUT2D eigenvalue weighted by molar-refractivity contribution is 7.92. The van der Waals surface area contributed by atoms with Gasteiger partial charge in [-0.15, -0.1) is 5.10 Å². The van der Waals surface area contributed by atoms with Crippen LogP contribution in [0.15, 0.2) is 30.5 Å². The number of aromatic nitrogens is 2. The second-order valence-corrected chi connectivity index (χ2v) is 6.02. The molecule has 0 aliphatic rings. The largest absolute Gasteiger partial charge is 0.463 e. The molecule has 0 saturated heterocycles. The quantitative estimate of drug-likeness (QED) is 0.637. The van der Waals surface area contributed by atoms with Crippen molar-refractivity contribution in [1.29, 1.82) is 0 Å². The van der Waals surface area contributed by atoms with Gasteiger partial charge in [0.25, 0.3) is 5.69 Å². The van der Waals surface area contributed by atoms with Gasteiger partial charge in [-0.2, -0.15) is 4.68 Å². The first-order valence-electron chi connectivity index (χ1n) is 5.73. The minimum atomic E-state index is -3.74. The van der Waals surface area contributed by atoms with E-state index >= 15 is 0 Å². The summed E-state index contributed by atoms with van der Waals surface area (Å²) >= 11 is 0. The van der Waals surface area contributed by atoms with E-state index in [1.165, 1.54) is 24.3 Å². The summed E-state index contributed by atoms with van der Waals surface area (Å²) in [5.41, 5.74) is -0.268. The van der Waals surface area contributed by atoms with Crippen LogP contribution in [0, 0.1) is 10.1 Å². The minimum absolute atomic E-state index is 0.0138. The van der Waals surface area contributed by atoms with Crippen molar-refractivity contribution in [3.05, 3.63) is 40.6 Å². The average Bonchev–Trinajstić information content (AvgIpc) is 2.80. The third kappa shape index (κ3) is 3.20. The zero-order chi connectivity index (χ0) is 16.5. The van der Waals surface area contributed by atoms with E-state index in [0.29, 0.717) is 4.68 Å². The van der Waals surface area contributed by atoms with E-state index in [1.54, 1.807) is 0 Å². The molecule has 1 heterocycles. The van der Waals surface area contributed by atoms with Crippen LogP contribution in [0.1, 0.15) is 0 Å². The average molecular weight is 326 g/mol. The molecule has 0 atom stereocenters. The van der Waals surface area contributed by atoms with Crippen LogP contribution in [-0.4, -0.2) is 40.6 Å². The fraction of sp³-hybridized carbons (Fsp3) is 0.0909. The molecule has 0 unspecified atom stereocenters. The Hall–Kier alpha value is -2.95. The summed E-state index contributed by atoms with van der Waals surface area (Å²) in [6.45, 7) is 0. The summed E-state index contributed by atoms with van der Waals surface area (Å²) < 4.78 is 25.2. The Balaban J connectivity index is 2.69. The van der Waals surface area contributed by atoms with E-state index in [1.807, 2.05) is 4.72 Å². The van der Waals surface area contributed by atoms with Crippen LogP contribution in [0.25, 0.3) is 11.1 Å². The van der Waals surface area contributed by atoms with Gasteiger partial charge in [0, 0.05) is 12.3 Å². The molecule has 0 saturated carbocycles. The summed E-state index contributed by atoms with van der Waals surface area (Å²) in [7, 11) is -3.74. The lowest BCUT2D eigenvalue weighted by molar-refractivity contribution is -0.384. The third-order valence-electron chi connectivity index (χ3n) is 2.58. The highest BCUT2D eigenvalue weighted by atomic mass is 32.2.